The molecule has 1 aliphatic heterocycles. The van der Waals surface area contributed by atoms with E-state index in [1.165, 1.54) is 44.9 Å². The second-order valence-corrected chi connectivity index (χ2v) is 8.70. The molecular formula is C23H35N7O2. The lowest BCUT2D eigenvalue weighted by molar-refractivity contribution is -0.0207. The first-order valence-corrected chi connectivity index (χ1v) is 12.0. The van der Waals surface area contributed by atoms with Gasteiger partial charge in [0.2, 0.25) is 0 Å². The van der Waals surface area contributed by atoms with Crippen LogP contribution < -0.4 is 5.73 Å². The van der Waals surface area contributed by atoms with Crippen LogP contribution in [0.5, 0.6) is 0 Å². The molecule has 1 fully saturated rings. The average Bonchev–Trinajstić information content (AvgIpc) is 3.54. The maximum Gasteiger partial charge on any atom is 0.168 e. The van der Waals surface area contributed by atoms with Crippen LogP contribution in [0.4, 0.5) is 5.82 Å². The van der Waals surface area contributed by atoms with Crippen molar-refractivity contribution in [2.75, 3.05) is 12.3 Å². The molecule has 3 aromatic rings. The van der Waals surface area contributed by atoms with Gasteiger partial charge in [-0.05, 0) is 19.3 Å². The van der Waals surface area contributed by atoms with Crippen molar-refractivity contribution >= 4 is 17.0 Å². The number of hydrogen-bond donors (Lipinski definition) is 2. The summed E-state index contributed by atoms with van der Waals surface area (Å²) < 4.78 is 9.74. The zero-order valence-electron chi connectivity index (χ0n) is 19.0. The van der Waals surface area contributed by atoms with E-state index < -0.39 is 0 Å². The molecule has 1 saturated heterocycles. The van der Waals surface area contributed by atoms with Gasteiger partial charge in [0.05, 0.1) is 30.8 Å². The van der Waals surface area contributed by atoms with Crippen molar-refractivity contribution in [3.8, 4) is 11.4 Å². The molecule has 0 aromatic carbocycles. The number of fused-ring (bicyclic) bond motifs is 1. The second kappa shape index (κ2) is 10.9. The number of aromatic nitrogens is 6. The predicted molar refractivity (Wildman–Crippen MR) is 124 cm³/mol. The third kappa shape index (κ3) is 5.27. The van der Waals surface area contributed by atoms with Gasteiger partial charge < -0.3 is 15.6 Å². The zero-order valence-corrected chi connectivity index (χ0v) is 19.0. The van der Waals surface area contributed by atoms with E-state index >= 15 is 0 Å². The Morgan fingerprint density at radius 1 is 1.09 bits per heavy atom. The van der Waals surface area contributed by atoms with E-state index in [1.54, 1.807) is 12.5 Å². The highest BCUT2D eigenvalue weighted by Crippen LogP contribution is 2.31. The molecule has 2 unspecified atom stereocenters. The van der Waals surface area contributed by atoms with E-state index in [1.807, 2.05) is 15.4 Å². The van der Waals surface area contributed by atoms with Gasteiger partial charge in [0.25, 0.3) is 0 Å². The van der Waals surface area contributed by atoms with E-state index in [9.17, 15) is 5.11 Å². The zero-order chi connectivity index (χ0) is 22.3. The number of nitrogen functional groups attached to an aromatic ring is 1. The Labute approximate surface area is 189 Å². The summed E-state index contributed by atoms with van der Waals surface area (Å²) in [6.45, 7) is 3.16. The number of nitrogens with two attached hydrogens (primary N) is 1. The Hall–Kier alpha value is -2.52. The smallest absolute Gasteiger partial charge is 0.168 e. The van der Waals surface area contributed by atoms with Crippen LogP contribution in [0.3, 0.4) is 0 Å². The minimum Gasteiger partial charge on any atom is -0.394 e. The van der Waals surface area contributed by atoms with Gasteiger partial charge in [0.1, 0.15) is 11.7 Å². The lowest BCUT2D eigenvalue weighted by Crippen LogP contribution is -2.14. The van der Waals surface area contributed by atoms with Gasteiger partial charge in [-0.3, -0.25) is 9.25 Å². The summed E-state index contributed by atoms with van der Waals surface area (Å²) >= 11 is 0. The lowest BCUT2D eigenvalue weighted by atomic mass is 10.1. The van der Waals surface area contributed by atoms with Crippen molar-refractivity contribution in [1.82, 2.24) is 29.3 Å². The summed E-state index contributed by atoms with van der Waals surface area (Å²) in [4.78, 5) is 13.6. The van der Waals surface area contributed by atoms with Gasteiger partial charge in [-0.25, -0.2) is 15.0 Å². The maximum atomic E-state index is 9.36. The Morgan fingerprint density at radius 3 is 2.62 bits per heavy atom. The van der Waals surface area contributed by atoms with Crippen LogP contribution in [0.2, 0.25) is 0 Å². The van der Waals surface area contributed by atoms with Gasteiger partial charge >= 0.3 is 0 Å². The number of imidazole rings is 1. The molecule has 1 aliphatic rings. The van der Waals surface area contributed by atoms with Crippen molar-refractivity contribution in [1.29, 1.82) is 0 Å². The maximum absolute atomic E-state index is 9.36. The third-order valence-corrected chi connectivity index (χ3v) is 6.18. The van der Waals surface area contributed by atoms with Crippen molar-refractivity contribution in [2.45, 2.75) is 90.0 Å². The third-order valence-electron chi connectivity index (χ3n) is 6.18. The number of anilines is 1. The SMILES string of the molecule is CCCCCCCCCCn1cc(-c2nc(N)c3ncn(C4CCC(CO)O4)c3n2)cn1. The number of nitrogens with zero attached hydrogens (tertiary/aromatic N) is 6. The number of aliphatic hydroxyl groups is 1. The first-order valence-electron chi connectivity index (χ1n) is 12.0. The predicted octanol–water partition coefficient (Wildman–Crippen LogP) is 4.08. The number of aliphatic hydroxyl groups excluding tert-OH is 1. The highest BCUT2D eigenvalue weighted by molar-refractivity contribution is 5.83. The van der Waals surface area contributed by atoms with Crippen LogP contribution in [0, 0.1) is 0 Å². The van der Waals surface area contributed by atoms with Crippen LogP contribution in [-0.2, 0) is 11.3 Å². The number of hydrogen-bond acceptors (Lipinski definition) is 7. The molecule has 0 spiro atoms. The first-order chi connectivity index (χ1) is 15.7. The van der Waals surface area contributed by atoms with E-state index in [-0.39, 0.29) is 18.9 Å². The van der Waals surface area contributed by atoms with Gasteiger partial charge in [-0.15, -0.1) is 0 Å². The molecule has 3 N–H and O–H groups in total. The quantitative estimate of drug-likeness (QED) is 0.407. The minimum atomic E-state index is -0.205. The normalized spacial score (nSPS) is 18.7. The highest BCUT2D eigenvalue weighted by atomic mass is 16.5. The molecule has 0 bridgehead atoms. The van der Waals surface area contributed by atoms with Gasteiger partial charge in [-0.1, -0.05) is 51.9 Å². The Bertz CT molecular complexity index is 1000. The lowest BCUT2D eigenvalue weighted by Gasteiger charge is -2.14. The van der Waals surface area contributed by atoms with Gasteiger partial charge in [0, 0.05) is 12.7 Å². The number of aryl methyl sites for hydroxylation is 1. The van der Waals surface area contributed by atoms with Crippen LogP contribution >= 0.6 is 0 Å². The molecule has 0 radical (unpaired) electrons. The average molecular weight is 442 g/mol. The van der Waals surface area contributed by atoms with Crippen molar-refractivity contribution < 1.29 is 9.84 Å². The fraction of sp³-hybridized carbons (Fsp3) is 0.652. The van der Waals surface area contributed by atoms with E-state index in [2.05, 4.69) is 22.0 Å². The molecule has 3 aromatic heterocycles. The summed E-state index contributed by atoms with van der Waals surface area (Å²) in [6, 6.07) is 0. The van der Waals surface area contributed by atoms with Crippen molar-refractivity contribution in [3.05, 3.63) is 18.7 Å². The monoisotopic (exact) mass is 441 g/mol. The van der Waals surface area contributed by atoms with Gasteiger partial charge in [-0.2, -0.15) is 5.10 Å². The molecule has 2 atom stereocenters. The molecule has 0 saturated carbocycles. The molecule has 32 heavy (non-hydrogen) atoms. The fourth-order valence-corrected chi connectivity index (χ4v) is 4.31. The van der Waals surface area contributed by atoms with E-state index in [0.29, 0.717) is 22.8 Å². The summed E-state index contributed by atoms with van der Waals surface area (Å²) in [5.41, 5.74) is 8.24. The van der Waals surface area contributed by atoms with Crippen LogP contribution in [0.1, 0.15) is 77.4 Å². The van der Waals surface area contributed by atoms with Crippen LogP contribution in [0.15, 0.2) is 18.7 Å². The van der Waals surface area contributed by atoms with Crippen molar-refractivity contribution in [3.63, 3.8) is 0 Å². The molecule has 4 rings (SSSR count). The Balaban J connectivity index is 1.39. The molecule has 174 valence electrons. The van der Waals surface area contributed by atoms with Crippen molar-refractivity contribution in [2.24, 2.45) is 0 Å². The topological polar surface area (TPSA) is 117 Å². The molecule has 9 nitrogen and oxygen atoms in total. The molecule has 0 amide bonds. The molecular weight excluding hydrogens is 406 g/mol. The van der Waals surface area contributed by atoms with E-state index in [0.717, 1.165) is 31.4 Å². The molecule has 0 aliphatic carbocycles. The summed E-state index contributed by atoms with van der Waals surface area (Å²) in [7, 11) is 0. The van der Waals surface area contributed by atoms with Crippen LogP contribution in [-0.4, -0.2) is 47.1 Å². The largest absolute Gasteiger partial charge is 0.394 e. The fourth-order valence-electron chi connectivity index (χ4n) is 4.31. The first kappa shape index (κ1) is 22.7. The van der Waals surface area contributed by atoms with Crippen LogP contribution in [0.25, 0.3) is 22.6 Å². The van der Waals surface area contributed by atoms with Gasteiger partial charge in [0.15, 0.2) is 17.3 Å². The highest BCUT2D eigenvalue weighted by Gasteiger charge is 2.28. The standard InChI is InChI=1S/C23H35N7O2/c1-2-3-4-5-6-7-8-9-12-29-14-17(13-26-29)22-27-21(24)20-23(28-22)30(16-25-20)19-11-10-18(15-31)32-19/h13-14,16,18-19,31H,2-12,15H2,1H3,(H2,24,27,28). The minimum absolute atomic E-state index is 0.0174. The number of ether oxygens (including phenoxy) is 1. The summed E-state index contributed by atoms with van der Waals surface area (Å²) in [5, 5.41) is 13.9. The van der Waals surface area contributed by atoms with E-state index in [4.69, 9.17) is 15.5 Å². The summed E-state index contributed by atoms with van der Waals surface area (Å²) in [5.74, 6) is 0.881. The number of rotatable bonds is 12. The number of unbranched alkanes of at least 4 members (excludes halogenated alkanes) is 7. The second-order valence-electron chi connectivity index (χ2n) is 8.70. The summed E-state index contributed by atoms with van der Waals surface area (Å²) in [6.07, 6.45) is 17.0. The molecule has 4 heterocycles. The Morgan fingerprint density at radius 2 is 1.88 bits per heavy atom. The Kier molecular flexibility index (Phi) is 7.70. The molecule has 9 heteroatoms.